The minimum Gasteiger partial charge on any atom is -0.446 e. The van der Waals surface area contributed by atoms with E-state index in [1.807, 2.05) is 64.1 Å². The average molecular weight is 399 g/mol. The number of ether oxygens (including phenoxy) is 1. The predicted molar refractivity (Wildman–Crippen MR) is 112 cm³/mol. The van der Waals surface area contributed by atoms with Crippen molar-refractivity contribution in [3.05, 3.63) is 47.7 Å². The molecule has 7 nitrogen and oxygen atoms in total. The first-order valence-electron chi connectivity index (χ1n) is 10.1. The summed E-state index contributed by atoms with van der Waals surface area (Å²) in [5, 5.41) is 12.9. The van der Waals surface area contributed by atoms with E-state index in [1.54, 1.807) is 0 Å². The number of anilines is 1. The van der Waals surface area contributed by atoms with Crippen molar-refractivity contribution in [2.45, 2.75) is 65.0 Å². The quantitative estimate of drug-likeness (QED) is 0.667. The SMILES string of the molecule is CCC(NC(=O)O[C@H]1C[C@@H](c2cc(NC(=O)C(C)(C)C)n[nH]2)C1)c1ccccc1. The molecule has 1 atom stereocenters. The van der Waals surface area contributed by atoms with E-state index in [4.69, 9.17) is 4.74 Å². The van der Waals surface area contributed by atoms with Gasteiger partial charge < -0.3 is 15.4 Å². The van der Waals surface area contributed by atoms with Crippen molar-refractivity contribution in [2.75, 3.05) is 5.32 Å². The minimum atomic E-state index is -0.474. The van der Waals surface area contributed by atoms with E-state index in [9.17, 15) is 9.59 Å². The van der Waals surface area contributed by atoms with Crippen molar-refractivity contribution in [3.8, 4) is 0 Å². The summed E-state index contributed by atoms with van der Waals surface area (Å²) in [5.74, 6) is 0.693. The van der Waals surface area contributed by atoms with Crippen LogP contribution in [0.3, 0.4) is 0 Å². The topological polar surface area (TPSA) is 96.1 Å². The van der Waals surface area contributed by atoms with E-state index in [2.05, 4.69) is 20.8 Å². The smallest absolute Gasteiger partial charge is 0.407 e. The highest BCUT2D eigenvalue weighted by atomic mass is 16.6. The second-order valence-corrected chi connectivity index (χ2v) is 8.62. The zero-order valence-electron chi connectivity index (χ0n) is 17.5. The molecule has 2 aromatic rings. The molecule has 1 fully saturated rings. The van der Waals surface area contributed by atoms with Crippen molar-refractivity contribution >= 4 is 17.8 Å². The summed E-state index contributed by atoms with van der Waals surface area (Å²) in [7, 11) is 0. The van der Waals surface area contributed by atoms with Gasteiger partial charge in [-0.1, -0.05) is 58.0 Å². The Bertz CT molecular complexity index is 835. The molecule has 29 heavy (non-hydrogen) atoms. The summed E-state index contributed by atoms with van der Waals surface area (Å²) in [6.07, 6.45) is 1.79. The van der Waals surface area contributed by atoms with Crippen LogP contribution in [0, 0.1) is 5.41 Å². The lowest BCUT2D eigenvalue weighted by Crippen LogP contribution is -2.37. The van der Waals surface area contributed by atoms with Crippen LogP contribution in [0.1, 0.15) is 70.2 Å². The molecule has 1 saturated carbocycles. The maximum atomic E-state index is 12.3. The second kappa shape index (κ2) is 8.68. The molecule has 0 bridgehead atoms. The Kier molecular flexibility index (Phi) is 6.25. The molecule has 1 heterocycles. The second-order valence-electron chi connectivity index (χ2n) is 8.62. The van der Waals surface area contributed by atoms with Gasteiger partial charge in [-0.25, -0.2) is 4.79 Å². The first kappa shape index (κ1) is 20.9. The predicted octanol–water partition coefficient (Wildman–Crippen LogP) is 4.52. The number of benzene rings is 1. The first-order valence-corrected chi connectivity index (χ1v) is 10.1. The van der Waals surface area contributed by atoms with Gasteiger partial charge in [0.25, 0.3) is 0 Å². The number of aromatic nitrogens is 2. The molecule has 1 aliphatic carbocycles. The Morgan fingerprint density at radius 1 is 1.24 bits per heavy atom. The molecule has 1 aromatic heterocycles. The lowest BCUT2D eigenvalue weighted by atomic mass is 9.80. The molecule has 2 amide bonds. The van der Waals surface area contributed by atoms with Crippen LogP contribution in [0.5, 0.6) is 0 Å². The summed E-state index contributed by atoms with van der Waals surface area (Å²) in [6.45, 7) is 7.60. The number of hydrogen-bond donors (Lipinski definition) is 3. The third kappa shape index (κ3) is 5.37. The Balaban J connectivity index is 1.45. The van der Waals surface area contributed by atoms with Gasteiger partial charge in [-0.15, -0.1) is 0 Å². The van der Waals surface area contributed by atoms with Crippen molar-refractivity contribution in [1.29, 1.82) is 0 Å². The molecule has 1 aromatic carbocycles. The Morgan fingerprint density at radius 2 is 1.93 bits per heavy atom. The lowest BCUT2D eigenvalue weighted by Gasteiger charge is -2.34. The standard InChI is InChI=1S/C22H30N4O3/c1-5-17(14-9-7-6-8-10-14)23-21(28)29-16-11-15(12-16)18-13-19(26-25-18)24-20(27)22(2,3)4/h6-10,13,15-17H,5,11-12H2,1-4H3,(H,23,28)(H2,24,25,26,27)/t15-,16+,17?. The number of hydrogen-bond acceptors (Lipinski definition) is 4. The maximum absolute atomic E-state index is 12.3. The van der Waals surface area contributed by atoms with Crippen LogP contribution < -0.4 is 10.6 Å². The molecule has 156 valence electrons. The van der Waals surface area contributed by atoms with E-state index >= 15 is 0 Å². The number of carbonyl (C=O) groups excluding carboxylic acids is 2. The van der Waals surface area contributed by atoms with Gasteiger partial charge in [-0.05, 0) is 24.8 Å². The van der Waals surface area contributed by atoms with E-state index < -0.39 is 5.41 Å². The molecule has 3 rings (SSSR count). The molecule has 1 unspecified atom stereocenters. The number of rotatable bonds is 6. The zero-order valence-corrected chi connectivity index (χ0v) is 17.5. The average Bonchev–Trinajstić information content (AvgIpc) is 3.10. The maximum Gasteiger partial charge on any atom is 0.407 e. The third-order valence-corrected chi connectivity index (χ3v) is 5.23. The van der Waals surface area contributed by atoms with E-state index in [0.717, 1.165) is 30.5 Å². The summed E-state index contributed by atoms with van der Waals surface area (Å²) in [5.41, 5.74) is 1.55. The van der Waals surface area contributed by atoms with Gasteiger partial charge in [-0.3, -0.25) is 9.89 Å². The van der Waals surface area contributed by atoms with E-state index in [-0.39, 0.29) is 30.1 Å². The fourth-order valence-corrected chi connectivity index (χ4v) is 3.26. The molecule has 0 spiro atoms. The fraction of sp³-hybridized carbons (Fsp3) is 0.500. The van der Waals surface area contributed by atoms with Crippen LogP contribution >= 0.6 is 0 Å². The number of carbonyl (C=O) groups is 2. The van der Waals surface area contributed by atoms with Crippen LogP contribution in [0.4, 0.5) is 10.6 Å². The summed E-state index contributed by atoms with van der Waals surface area (Å²) in [6, 6.07) is 11.7. The Morgan fingerprint density at radius 3 is 2.55 bits per heavy atom. The van der Waals surface area contributed by atoms with Gasteiger partial charge in [0.2, 0.25) is 5.91 Å². The van der Waals surface area contributed by atoms with Crippen LogP contribution in [0.25, 0.3) is 0 Å². The summed E-state index contributed by atoms with van der Waals surface area (Å²) in [4.78, 5) is 24.3. The normalized spacial score (nSPS) is 19.7. The minimum absolute atomic E-state index is 0.0545. The van der Waals surface area contributed by atoms with Crippen LogP contribution in [0.2, 0.25) is 0 Å². The highest BCUT2D eigenvalue weighted by Gasteiger charge is 2.35. The van der Waals surface area contributed by atoms with Crippen LogP contribution in [-0.4, -0.2) is 28.3 Å². The number of H-pyrrole nitrogens is 1. The van der Waals surface area contributed by atoms with Crippen LogP contribution in [0.15, 0.2) is 36.4 Å². The summed E-state index contributed by atoms with van der Waals surface area (Å²) >= 11 is 0. The number of nitrogens with zero attached hydrogens (tertiary/aromatic N) is 1. The molecule has 3 N–H and O–H groups in total. The number of amides is 2. The molecule has 0 radical (unpaired) electrons. The zero-order chi connectivity index (χ0) is 21.0. The Hall–Kier alpha value is -2.83. The molecular formula is C22H30N4O3. The Labute approximate surface area is 171 Å². The third-order valence-electron chi connectivity index (χ3n) is 5.23. The first-order chi connectivity index (χ1) is 13.8. The van der Waals surface area contributed by atoms with Gasteiger partial charge in [0.05, 0.1) is 6.04 Å². The van der Waals surface area contributed by atoms with Gasteiger partial charge in [0, 0.05) is 23.1 Å². The van der Waals surface area contributed by atoms with Gasteiger partial charge >= 0.3 is 6.09 Å². The largest absolute Gasteiger partial charge is 0.446 e. The lowest BCUT2D eigenvalue weighted by molar-refractivity contribution is -0.123. The number of alkyl carbamates (subject to hydrolysis) is 1. The highest BCUT2D eigenvalue weighted by Crippen LogP contribution is 2.38. The van der Waals surface area contributed by atoms with Gasteiger partial charge in [-0.2, -0.15) is 5.10 Å². The van der Waals surface area contributed by atoms with Crippen molar-refractivity contribution in [3.63, 3.8) is 0 Å². The highest BCUT2D eigenvalue weighted by molar-refractivity contribution is 5.93. The molecule has 7 heteroatoms. The van der Waals surface area contributed by atoms with Crippen LogP contribution in [-0.2, 0) is 9.53 Å². The summed E-state index contributed by atoms with van der Waals surface area (Å²) < 4.78 is 5.55. The monoisotopic (exact) mass is 398 g/mol. The molecule has 1 aliphatic rings. The molecule has 0 saturated heterocycles. The number of nitrogens with one attached hydrogen (secondary N) is 3. The molecular weight excluding hydrogens is 368 g/mol. The van der Waals surface area contributed by atoms with E-state index in [1.165, 1.54) is 0 Å². The van der Waals surface area contributed by atoms with Gasteiger partial charge in [0.1, 0.15) is 6.10 Å². The van der Waals surface area contributed by atoms with Crippen molar-refractivity contribution < 1.29 is 14.3 Å². The van der Waals surface area contributed by atoms with Crippen molar-refractivity contribution in [2.24, 2.45) is 5.41 Å². The van der Waals surface area contributed by atoms with E-state index in [0.29, 0.717) is 5.82 Å². The van der Waals surface area contributed by atoms with Gasteiger partial charge in [0.15, 0.2) is 5.82 Å². The van der Waals surface area contributed by atoms with Crippen molar-refractivity contribution in [1.82, 2.24) is 15.5 Å². The fourth-order valence-electron chi connectivity index (χ4n) is 3.26. The molecule has 0 aliphatic heterocycles. The number of aromatic amines is 1.